The third-order valence-electron chi connectivity index (χ3n) is 4.37. The van der Waals surface area contributed by atoms with Crippen molar-refractivity contribution in [3.05, 3.63) is 89.8 Å². The summed E-state index contributed by atoms with van der Waals surface area (Å²) in [6, 6.07) is 25.7. The van der Waals surface area contributed by atoms with Gasteiger partial charge in [-0.3, -0.25) is 4.79 Å². The van der Waals surface area contributed by atoms with Gasteiger partial charge in [-0.25, -0.2) is 4.98 Å². The van der Waals surface area contributed by atoms with Crippen molar-refractivity contribution in [3.63, 3.8) is 0 Å². The molecule has 0 unspecified atom stereocenters. The molecule has 0 radical (unpaired) electrons. The number of hydrogen-bond donors (Lipinski definition) is 1. The highest BCUT2D eigenvalue weighted by atomic mass is 32.2. The molecule has 0 atom stereocenters. The van der Waals surface area contributed by atoms with E-state index in [9.17, 15) is 4.79 Å². The van der Waals surface area contributed by atoms with E-state index >= 15 is 0 Å². The Labute approximate surface area is 178 Å². The molecule has 3 aromatic carbocycles. The SMILES string of the molecule is CCSc1ccccc1C(=O)Nc1cccc(-c2csc(-c3ccccc3)n2)c1. The molecule has 1 amide bonds. The first kappa shape index (κ1) is 19.4. The minimum absolute atomic E-state index is 0.0954. The van der Waals surface area contributed by atoms with Crippen molar-refractivity contribution in [2.75, 3.05) is 11.1 Å². The van der Waals surface area contributed by atoms with Crippen LogP contribution in [0.3, 0.4) is 0 Å². The fraction of sp³-hybridized carbons (Fsp3) is 0.0833. The van der Waals surface area contributed by atoms with Crippen LogP contribution in [0.25, 0.3) is 21.8 Å². The second-order valence-corrected chi connectivity index (χ2v) is 8.53. The molecule has 3 nitrogen and oxygen atoms in total. The van der Waals surface area contributed by atoms with Crippen LogP contribution in [0.1, 0.15) is 17.3 Å². The number of carbonyl (C=O) groups excluding carboxylic acids is 1. The second kappa shape index (κ2) is 9.07. The number of aromatic nitrogens is 1. The maximum absolute atomic E-state index is 12.8. The lowest BCUT2D eigenvalue weighted by Crippen LogP contribution is -2.13. The molecule has 29 heavy (non-hydrogen) atoms. The van der Waals surface area contributed by atoms with E-state index in [-0.39, 0.29) is 5.91 Å². The van der Waals surface area contributed by atoms with Gasteiger partial charge < -0.3 is 5.32 Å². The molecule has 4 aromatic rings. The Hall–Kier alpha value is -2.89. The van der Waals surface area contributed by atoms with Crippen LogP contribution < -0.4 is 5.32 Å². The van der Waals surface area contributed by atoms with Crippen LogP contribution in [-0.4, -0.2) is 16.6 Å². The predicted octanol–water partition coefficient (Wildman–Crippen LogP) is 6.84. The molecule has 1 aromatic heterocycles. The summed E-state index contributed by atoms with van der Waals surface area (Å²) in [4.78, 5) is 18.6. The topological polar surface area (TPSA) is 42.0 Å². The zero-order valence-electron chi connectivity index (χ0n) is 16.0. The van der Waals surface area contributed by atoms with E-state index in [1.54, 1.807) is 23.1 Å². The minimum atomic E-state index is -0.0954. The average Bonchev–Trinajstić information content (AvgIpc) is 3.26. The largest absolute Gasteiger partial charge is 0.322 e. The van der Waals surface area contributed by atoms with Gasteiger partial charge in [0.05, 0.1) is 11.3 Å². The molecule has 1 N–H and O–H groups in total. The van der Waals surface area contributed by atoms with Crippen LogP contribution in [0.15, 0.2) is 89.1 Å². The standard InChI is InChI=1S/C24H20N2OS2/c1-2-28-22-14-7-6-13-20(22)23(27)25-19-12-8-11-18(15-19)21-16-29-24(26-21)17-9-4-3-5-10-17/h3-16H,2H2,1H3,(H,25,27). The smallest absolute Gasteiger partial charge is 0.256 e. The van der Waals surface area contributed by atoms with Crippen molar-refractivity contribution in [1.82, 2.24) is 4.98 Å². The van der Waals surface area contributed by atoms with Gasteiger partial charge in [0.25, 0.3) is 5.91 Å². The van der Waals surface area contributed by atoms with Gasteiger partial charge >= 0.3 is 0 Å². The zero-order valence-corrected chi connectivity index (χ0v) is 17.6. The van der Waals surface area contributed by atoms with E-state index in [0.29, 0.717) is 5.56 Å². The van der Waals surface area contributed by atoms with Crippen LogP contribution in [0.2, 0.25) is 0 Å². The summed E-state index contributed by atoms with van der Waals surface area (Å²) in [7, 11) is 0. The number of nitrogens with zero attached hydrogens (tertiary/aromatic N) is 1. The van der Waals surface area contributed by atoms with Crippen molar-refractivity contribution in [3.8, 4) is 21.8 Å². The molecule has 1 heterocycles. The second-order valence-electron chi connectivity index (χ2n) is 6.37. The van der Waals surface area contributed by atoms with Crippen molar-refractivity contribution >= 4 is 34.7 Å². The first-order chi connectivity index (χ1) is 14.2. The van der Waals surface area contributed by atoms with Gasteiger partial charge in [0, 0.05) is 27.1 Å². The lowest BCUT2D eigenvalue weighted by atomic mass is 10.1. The van der Waals surface area contributed by atoms with Crippen molar-refractivity contribution < 1.29 is 4.79 Å². The fourth-order valence-corrected chi connectivity index (χ4v) is 4.65. The predicted molar refractivity (Wildman–Crippen MR) is 124 cm³/mol. The molecule has 4 rings (SSSR count). The van der Waals surface area contributed by atoms with Crippen LogP contribution >= 0.6 is 23.1 Å². The molecule has 0 bridgehead atoms. The van der Waals surface area contributed by atoms with Crippen molar-refractivity contribution in [2.24, 2.45) is 0 Å². The van der Waals surface area contributed by atoms with Gasteiger partial charge in [-0.2, -0.15) is 0 Å². The summed E-state index contributed by atoms with van der Waals surface area (Å²) in [6.07, 6.45) is 0. The first-order valence-electron chi connectivity index (χ1n) is 9.39. The number of anilines is 1. The summed E-state index contributed by atoms with van der Waals surface area (Å²) < 4.78 is 0. The maximum Gasteiger partial charge on any atom is 0.256 e. The summed E-state index contributed by atoms with van der Waals surface area (Å²) in [5, 5.41) is 6.07. The highest BCUT2D eigenvalue weighted by molar-refractivity contribution is 7.99. The van der Waals surface area contributed by atoms with Crippen LogP contribution in [-0.2, 0) is 0 Å². The molecular formula is C24H20N2OS2. The molecule has 0 saturated heterocycles. The van der Waals surface area contributed by atoms with Crippen molar-refractivity contribution in [2.45, 2.75) is 11.8 Å². The number of carbonyl (C=O) groups is 1. The Morgan fingerprint density at radius 2 is 1.72 bits per heavy atom. The van der Waals surface area contributed by atoms with Crippen molar-refractivity contribution in [1.29, 1.82) is 0 Å². The molecule has 0 fully saturated rings. The van der Waals surface area contributed by atoms with E-state index < -0.39 is 0 Å². The number of nitrogens with one attached hydrogen (secondary N) is 1. The normalized spacial score (nSPS) is 10.7. The Morgan fingerprint density at radius 3 is 2.55 bits per heavy atom. The Balaban J connectivity index is 1.56. The average molecular weight is 417 g/mol. The molecule has 5 heteroatoms. The first-order valence-corrected chi connectivity index (χ1v) is 11.3. The maximum atomic E-state index is 12.8. The monoisotopic (exact) mass is 416 g/mol. The highest BCUT2D eigenvalue weighted by Gasteiger charge is 2.12. The van der Waals surface area contributed by atoms with E-state index in [0.717, 1.165) is 38.2 Å². The third kappa shape index (κ3) is 4.58. The van der Waals surface area contributed by atoms with Crippen LogP contribution in [0.4, 0.5) is 5.69 Å². The van der Waals surface area contributed by atoms with Crippen LogP contribution in [0.5, 0.6) is 0 Å². The number of amides is 1. The molecule has 0 aliphatic carbocycles. The van der Waals surface area contributed by atoms with Gasteiger partial charge in [-0.1, -0.05) is 61.5 Å². The number of rotatable bonds is 6. The van der Waals surface area contributed by atoms with E-state index in [1.807, 2.05) is 66.7 Å². The van der Waals surface area contributed by atoms with E-state index in [1.165, 1.54) is 0 Å². The van der Waals surface area contributed by atoms with E-state index in [2.05, 4.69) is 29.8 Å². The molecule has 0 aliphatic heterocycles. The van der Waals surface area contributed by atoms with E-state index in [4.69, 9.17) is 4.98 Å². The zero-order chi connectivity index (χ0) is 20.1. The van der Waals surface area contributed by atoms with Gasteiger partial charge in [-0.15, -0.1) is 23.1 Å². The Morgan fingerprint density at radius 1 is 0.966 bits per heavy atom. The minimum Gasteiger partial charge on any atom is -0.322 e. The van der Waals surface area contributed by atoms with Crippen LogP contribution in [0, 0.1) is 0 Å². The summed E-state index contributed by atoms with van der Waals surface area (Å²) in [5.74, 6) is 0.829. The molecular weight excluding hydrogens is 396 g/mol. The molecule has 0 spiro atoms. The van der Waals surface area contributed by atoms with Gasteiger partial charge in [0.1, 0.15) is 5.01 Å². The lowest BCUT2D eigenvalue weighted by molar-refractivity contribution is 0.102. The number of thiazole rings is 1. The molecule has 144 valence electrons. The third-order valence-corrected chi connectivity index (χ3v) is 6.22. The summed E-state index contributed by atoms with van der Waals surface area (Å²) >= 11 is 3.29. The fourth-order valence-electron chi connectivity index (χ4n) is 3.01. The Bertz CT molecular complexity index is 1120. The summed E-state index contributed by atoms with van der Waals surface area (Å²) in [6.45, 7) is 2.08. The number of thioether (sulfide) groups is 1. The Kier molecular flexibility index (Phi) is 6.08. The number of benzene rings is 3. The van der Waals surface area contributed by atoms with Gasteiger partial charge in [0.2, 0.25) is 0 Å². The molecule has 0 saturated carbocycles. The number of hydrogen-bond acceptors (Lipinski definition) is 4. The summed E-state index contributed by atoms with van der Waals surface area (Å²) in [5.41, 5.74) is 4.46. The highest BCUT2D eigenvalue weighted by Crippen LogP contribution is 2.30. The quantitative estimate of drug-likeness (QED) is 0.350. The van der Waals surface area contributed by atoms with Gasteiger partial charge in [-0.05, 0) is 30.0 Å². The molecule has 0 aliphatic rings. The lowest BCUT2D eigenvalue weighted by Gasteiger charge is -2.10. The van der Waals surface area contributed by atoms with Gasteiger partial charge in [0.15, 0.2) is 0 Å².